The number of hydrogen-bond acceptors (Lipinski definition) is 3. The number of hydrogen-bond donors (Lipinski definition) is 1. The van der Waals surface area contributed by atoms with Crippen LogP contribution in [-0.2, 0) is 0 Å². The predicted molar refractivity (Wildman–Crippen MR) is 82.5 cm³/mol. The second kappa shape index (κ2) is 5.73. The maximum Gasteiger partial charge on any atom is 0.118 e. The van der Waals surface area contributed by atoms with Crippen molar-refractivity contribution in [3.05, 3.63) is 59.1 Å². The van der Waals surface area contributed by atoms with Gasteiger partial charge in [0.2, 0.25) is 0 Å². The van der Waals surface area contributed by atoms with Gasteiger partial charge < -0.3 is 9.64 Å². The maximum atomic E-state index is 6.09. The molecule has 4 heteroatoms. The second-order valence-corrected chi connectivity index (χ2v) is 5.24. The van der Waals surface area contributed by atoms with E-state index in [0.29, 0.717) is 0 Å². The second-order valence-electron chi connectivity index (χ2n) is 4.80. The Hall–Kier alpha value is -1.71. The monoisotopic (exact) mass is 288 g/mol. The van der Waals surface area contributed by atoms with Crippen LogP contribution in [0.2, 0.25) is 5.02 Å². The minimum absolute atomic E-state index is 0.180. The normalized spacial score (nSPS) is 18.3. The zero-order chi connectivity index (χ0) is 13.9. The summed E-state index contributed by atoms with van der Waals surface area (Å²) in [6.07, 6.45) is 0.180. The molecule has 1 aliphatic rings. The van der Waals surface area contributed by atoms with Crippen LogP contribution in [0.5, 0.6) is 5.75 Å². The van der Waals surface area contributed by atoms with Crippen molar-refractivity contribution in [1.82, 2.24) is 5.32 Å². The quantitative estimate of drug-likeness (QED) is 0.936. The topological polar surface area (TPSA) is 24.5 Å². The van der Waals surface area contributed by atoms with E-state index in [4.69, 9.17) is 16.3 Å². The molecule has 1 heterocycles. The van der Waals surface area contributed by atoms with Crippen molar-refractivity contribution < 1.29 is 4.74 Å². The molecular weight excluding hydrogens is 272 g/mol. The van der Waals surface area contributed by atoms with Crippen LogP contribution in [0.3, 0.4) is 0 Å². The minimum Gasteiger partial charge on any atom is -0.497 e. The minimum atomic E-state index is 0.180. The Bertz CT molecular complexity index is 585. The lowest BCUT2D eigenvalue weighted by atomic mass is 10.1. The number of anilines is 1. The highest BCUT2D eigenvalue weighted by atomic mass is 35.5. The summed E-state index contributed by atoms with van der Waals surface area (Å²) >= 11 is 6.09. The largest absolute Gasteiger partial charge is 0.497 e. The summed E-state index contributed by atoms with van der Waals surface area (Å²) in [5.41, 5.74) is 2.37. The van der Waals surface area contributed by atoms with Gasteiger partial charge in [-0.2, -0.15) is 0 Å². The summed E-state index contributed by atoms with van der Waals surface area (Å²) in [6, 6.07) is 16.2. The smallest absolute Gasteiger partial charge is 0.118 e. The van der Waals surface area contributed by atoms with Crippen LogP contribution in [0.25, 0.3) is 0 Å². The highest BCUT2D eigenvalue weighted by Crippen LogP contribution is 2.30. The molecule has 2 aromatic carbocycles. The molecule has 1 fully saturated rings. The molecule has 1 unspecified atom stereocenters. The molecule has 1 aliphatic heterocycles. The van der Waals surface area contributed by atoms with Gasteiger partial charge in [0.15, 0.2) is 0 Å². The van der Waals surface area contributed by atoms with Crippen LogP contribution in [0.4, 0.5) is 5.69 Å². The molecule has 0 amide bonds. The van der Waals surface area contributed by atoms with Crippen molar-refractivity contribution in [2.24, 2.45) is 0 Å². The molecular formula is C16H17ClN2O. The Kier molecular flexibility index (Phi) is 3.81. The predicted octanol–water partition coefficient (Wildman–Crippen LogP) is 3.46. The average Bonchev–Trinajstić information content (AvgIpc) is 2.97. The molecule has 1 N–H and O–H groups in total. The molecule has 0 aromatic heterocycles. The van der Waals surface area contributed by atoms with Crippen molar-refractivity contribution in [3.8, 4) is 5.75 Å². The molecule has 1 saturated heterocycles. The molecule has 20 heavy (non-hydrogen) atoms. The first-order chi connectivity index (χ1) is 9.78. The summed E-state index contributed by atoms with van der Waals surface area (Å²) in [6.45, 7) is 1.93. The Morgan fingerprint density at radius 3 is 2.70 bits per heavy atom. The third-order valence-corrected chi connectivity index (χ3v) is 3.81. The number of methoxy groups -OCH3 is 1. The molecule has 104 valence electrons. The van der Waals surface area contributed by atoms with E-state index in [2.05, 4.69) is 28.4 Å². The molecule has 1 atom stereocenters. The summed E-state index contributed by atoms with van der Waals surface area (Å²) in [5, 5.41) is 4.29. The Morgan fingerprint density at radius 2 is 2.00 bits per heavy atom. The van der Waals surface area contributed by atoms with E-state index >= 15 is 0 Å². The molecule has 0 bridgehead atoms. The number of halogens is 1. The van der Waals surface area contributed by atoms with E-state index in [1.165, 1.54) is 5.56 Å². The number of benzene rings is 2. The lowest BCUT2D eigenvalue weighted by molar-refractivity contribution is 0.414. The van der Waals surface area contributed by atoms with Gasteiger partial charge in [-0.15, -0.1) is 0 Å². The summed E-state index contributed by atoms with van der Waals surface area (Å²) < 4.78 is 5.21. The third-order valence-electron chi connectivity index (χ3n) is 3.57. The number of rotatable bonds is 3. The van der Waals surface area contributed by atoms with Crippen LogP contribution in [0.1, 0.15) is 11.7 Å². The van der Waals surface area contributed by atoms with Crippen molar-refractivity contribution >= 4 is 17.3 Å². The zero-order valence-electron chi connectivity index (χ0n) is 11.3. The fraction of sp³-hybridized carbons (Fsp3) is 0.250. The van der Waals surface area contributed by atoms with Gasteiger partial charge in [0, 0.05) is 23.8 Å². The molecule has 0 radical (unpaired) electrons. The van der Waals surface area contributed by atoms with Crippen LogP contribution in [0.15, 0.2) is 48.5 Å². The average molecular weight is 289 g/mol. The van der Waals surface area contributed by atoms with Crippen molar-refractivity contribution in [2.45, 2.75) is 6.17 Å². The van der Waals surface area contributed by atoms with Crippen LogP contribution in [-0.4, -0.2) is 20.2 Å². The van der Waals surface area contributed by atoms with Gasteiger partial charge in [-0.3, -0.25) is 5.32 Å². The fourth-order valence-corrected chi connectivity index (χ4v) is 2.76. The summed E-state index contributed by atoms with van der Waals surface area (Å²) in [7, 11) is 1.68. The first-order valence-corrected chi connectivity index (χ1v) is 7.05. The summed E-state index contributed by atoms with van der Waals surface area (Å²) in [4.78, 5) is 2.33. The molecule has 0 aliphatic carbocycles. The fourth-order valence-electron chi connectivity index (χ4n) is 2.58. The van der Waals surface area contributed by atoms with Crippen LogP contribution in [0, 0.1) is 0 Å². The molecule has 0 saturated carbocycles. The first-order valence-electron chi connectivity index (χ1n) is 6.67. The van der Waals surface area contributed by atoms with Crippen molar-refractivity contribution in [1.29, 1.82) is 0 Å². The maximum absolute atomic E-state index is 6.09. The van der Waals surface area contributed by atoms with E-state index in [0.717, 1.165) is 29.5 Å². The van der Waals surface area contributed by atoms with Gasteiger partial charge in [-0.1, -0.05) is 29.8 Å². The Balaban J connectivity index is 1.88. The standard InChI is InChI=1S/C16H17ClN2O/c1-20-15-7-5-12(6-8-15)16-18-9-10-19(16)14-4-2-3-13(17)11-14/h2-8,11,16,18H,9-10H2,1H3. The van der Waals surface area contributed by atoms with Crippen molar-refractivity contribution in [3.63, 3.8) is 0 Å². The molecule has 2 aromatic rings. The Labute approximate surface area is 124 Å². The van der Waals surface area contributed by atoms with E-state index in [-0.39, 0.29) is 6.17 Å². The van der Waals surface area contributed by atoms with E-state index in [1.807, 2.05) is 30.3 Å². The lowest BCUT2D eigenvalue weighted by Gasteiger charge is -2.27. The lowest BCUT2D eigenvalue weighted by Crippen LogP contribution is -2.27. The van der Waals surface area contributed by atoms with Gasteiger partial charge >= 0.3 is 0 Å². The molecule has 3 rings (SSSR count). The SMILES string of the molecule is COc1ccc(C2NCCN2c2cccc(Cl)c2)cc1. The first kappa shape index (κ1) is 13.3. The van der Waals surface area contributed by atoms with Gasteiger partial charge in [0.1, 0.15) is 11.9 Å². The number of ether oxygens (including phenoxy) is 1. The van der Waals surface area contributed by atoms with Gasteiger partial charge in [0.25, 0.3) is 0 Å². The third kappa shape index (κ3) is 2.60. The van der Waals surface area contributed by atoms with E-state index in [1.54, 1.807) is 7.11 Å². The highest BCUT2D eigenvalue weighted by molar-refractivity contribution is 6.30. The van der Waals surface area contributed by atoms with E-state index in [9.17, 15) is 0 Å². The highest BCUT2D eigenvalue weighted by Gasteiger charge is 2.25. The van der Waals surface area contributed by atoms with Crippen molar-refractivity contribution in [2.75, 3.05) is 25.1 Å². The zero-order valence-corrected chi connectivity index (χ0v) is 12.1. The van der Waals surface area contributed by atoms with Crippen LogP contribution >= 0.6 is 11.6 Å². The molecule has 0 spiro atoms. The van der Waals surface area contributed by atoms with Gasteiger partial charge in [-0.25, -0.2) is 0 Å². The van der Waals surface area contributed by atoms with E-state index < -0.39 is 0 Å². The Morgan fingerprint density at radius 1 is 1.20 bits per heavy atom. The van der Waals surface area contributed by atoms with Gasteiger partial charge in [0.05, 0.1) is 7.11 Å². The van der Waals surface area contributed by atoms with Crippen LogP contribution < -0.4 is 15.0 Å². The van der Waals surface area contributed by atoms with Gasteiger partial charge in [-0.05, 0) is 35.9 Å². The number of nitrogens with one attached hydrogen (secondary N) is 1. The summed E-state index contributed by atoms with van der Waals surface area (Å²) in [5.74, 6) is 0.876. The number of nitrogens with zero attached hydrogens (tertiary/aromatic N) is 1. The molecule has 3 nitrogen and oxygen atoms in total.